The topological polar surface area (TPSA) is 214 Å². The Kier molecular flexibility index (Phi) is 30.6. The summed E-state index contributed by atoms with van der Waals surface area (Å²) in [6, 6.07) is 0. The molecule has 0 aromatic carbocycles. The maximum absolute atomic E-state index is 12.9. The quantitative estimate of drug-likeness (QED) is 0.0256. The van der Waals surface area contributed by atoms with Gasteiger partial charge in [-0.2, -0.15) is 0 Å². The third-order valence-electron chi connectivity index (χ3n) is 10.6. The molecule has 11 atom stereocenters. The summed E-state index contributed by atoms with van der Waals surface area (Å²) in [5.74, 6) is -0.393. The fraction of sp³-hybridized carbons (Fsp3) is 0.844. The Morgan fingerprint density at radius 3 is 1.71 bits per heavy atom. The monoisotopic (exact) mass is 845 g/mol. The van der Waals surface area contributed by atoms with Gasteiger partial charge in [0.25, 0.3) is 0 Å². The molecule has 0 aliphatic carbocycles. The second-order valence-electron chi connectivity index (χ2n) is 15.9. The second-order valence-corrected chi connectivity index (χ2v) is 15.9. The highest BCUT2D eigenvalue weighted by Gasteiger charge is 2.47. The van der Waals surface area contributed by atoms with Crippen molar-refractivity contribution in [2.75, 3.05) is 33.0 Å². The molecule has 0 amide bonds. The van der Waals surface area contributed by atoms with Crippen molar-refractivity contribution in [1.29, 1.82) is 0 Å². The minimum atomic E-state index is -1.71. The lowest BCUT2D eigenvalue weighted by Gasteiger charge is -2.42. The average molecular weight is 845 g/mol. The Morgan fingerprint density at radius 1 is 0.559 bits per heavy atom. The molecule has 344 valence electrons. The highest BCUT2D eigenvalue weighted by atomic mass is 16.7. The molecule has 0 aromatic rings. The van der Waals surface area contributed by atoms with Gasteiger partial charge in [-0.3, -0.25) is 4.79 Å². The van der Waals surface area contributed by atoms with Crippen molar-refractivity contribution in [3.05, 3.63) is 36.5 Å². The first-order valence-electron chi connectivity index (χ1n) is 22.6. The molecule has 0 spiro atoms. The van der Waals surface area contributed by atoms with E-state index in [2.05, 4.69) is 50.3 Å². The number of ether oxygens (including phenoxy) is 6. The minimum absolute atomic E-state index is 0.0507. The van der Waals surface area contributed by atoms with E-state index >= 15 is 0 Å². The zero-order valence-corrected chi connectivity index (χ0v) is 36.0. The summed E-state index contributed by atoms with van der Waals surface area (Å²) in [4.78, 5) is 12.9. The van der Waals surface area contributed by atoms with Gasteiger partial charge in [-0.05, 0) is 57.8 Å². The van der Waals surface area contributed by atoms with E-state index in [0.29, 0.717) is 13.0 Å². The Morgan fingerprint density at radius 2 is 1.08 bits per heavy atom. The van der Waals surface area contributed by atoms with Crippen molar-refractivity contribution in [3.8, 4) is 0 Å². The first kappa shape index (κ1) is 53.3. The van der Waals surface area contributed by atoms with Gasteiger partial charge < -0.3 is 64.2 Å². The Bertz CT molecular complexity index is 1120. The van der Waals surface area contributed by atoms with E-state index in [4.69, 9.17) is 28.4 Å². The number of carbonyl (C=O) groups excluding carboxylic acids is 1. The number of hydrogen-bond acceptors (Lipinski definition) is 14. The van der Waals surface area contributed by atoms with Crippen LogP contribution >= 0.6 is 0 Å². The molecule has 7 N–H and O–H groups in total. The Balaban J connectivity index is 1.83. The number of hydrogen-bond donors (Lipinski definition) is 7. The van der Waals surface area contributed by atoms with E-state index in [0.717, 1.165) is 83.5 Å². The normalized spacial score (nSPS) is 28.3. The number of allylic oxidation sites excluding steroid dienone is 6. The molecule has 0 saturated carbocycles. The molecule has 0 radical (unpaired) electrons. The van der Waals surface area contributed by atoms with Crippen LogP contribution in [0.15, 0.2) is 36.5 Å². The second kappa shape index (κ2) is 33.8. The van der Waals surface area contributed by atoms with E-state index < -0.39 is 86.7 Å². The number of aliphatic hydroxyl groups is 7. The molecular formula is C45H80O14. The largest absolute Gasteiger partial charge is 0.457 e. The van der Waals surface area contributed by atoms with Crippen molar-refractivity contribution in [2.45, 2.75) is 210 Å². The minimum Gasteiger partial charge on any atom is -0.457 e. The van der Waals surface area contributed by atoms with Gasteiger partial charge in [-0.1, -0.05) is 115 Å². The van der Waals surface area contributed by atoms with Crippen LogP contribution in [0, 0.1) is 0 Å². The van der Waals surface area contributed by atoms with Crippen molar-refractivity contribution in [3.63, 3.8) is 0 Å². The molecule has 14 heteroatoms. The van der Waals surface area contributed by atoms with Crippen LogP contribution < -0.4 is 0 Å². The first-order chi connectivity index (χ1) is 28.6. The number of rotatable bonds is 34. The third kappa shape index (κ3) is 22.8. The van der Waals surface area contributed by atoms with Gasteiger partial charge in [-0.25, -0.2) is 0 Å². The van der Waals surface area contributed by atoms with Crippen LogP contribution in [0.5, 0.6) is 0 Å². The standard InChI is InChI=1S/C45H80O14/c1-3-5-7-9-11-13-15-16-17-19-21-23-25-27-29-54-31-34(57-37(47)28-26-24-22-20-18-14-12-10-8-6-4-2)32-55-44-43(53)41(51)39(49)36(59-44)33-56-45-42(52)40(50)38(48)35(30-46)58-45/h7,9-10,12-13,15,34-36,38-46,48-53H,3-6,8,11,14,16-33H2,1-2H3/b9-7-,12-10-,15-13-. The Hall–Kier alpha value is -1.79. The van der Waals surface area contributed by atoms with Gasteiger partial charge in [0.2, 0.25) is 0 Å². The summed E-state index contributed by atoms with van der Waals surface area (Å²) in [6.07, 6.45) is 17.9. The zero-order valence-electron chi connectivity index (χ0n) is 36.0. The van der Waals surface area contributed by atoms with E-state index in [1.54, 1.807) is 0 Å². The van der Waals surface area contributed by atoms with Crippen molar-refractivity contribution < 1.29 is 69.0 Å². The predicted molar refractivity (Wildman–Crippen MR) is 224 cm³/mol. The summed E-state index contributed by atoms with van der Waals surface area (Å²) in [7, 11) is 0. The molecule has 2 heterocycles. The lowest BCUT2D eigenvalue weighted by molar-refractivity contribution is -0.332. The smallest absolute Gasteiger partial charge is 0.306 e. The van der Waals surface area contributed by atoms with Gasteiger partial charge in [0.15, 0.2) is 12.6 Å². The van der Waals surface area contributed by atoms with Crippen LogP contribution in [-0.2, 0) is 33.2 Å². The molecule has 2 aliphatic heterocycles. The van der Waals surface area contributed by atoms with Gasteiger partial charge in [-0.15, -0.1) is 0 Å². The number of carbonyl (C=O) groups is 1. The average Bonchev–Trinajstić information content (AvgIpc) is 3.23. The lowest BCUT2D eigenvalue weighted by atomic mass is 9.98. The van der Waals surface area contributed by atoms with E-state index in [1.165, 1.54) is 32.1 Å². The van der Waals surface area contributed by atoms with Gasteiger partial charge in [0.05, 0.1) is 26.4 Å². The molecule has 2 rings (SSSR count). The number of unbranched alkanes of at least 4 members (excludes halogenated alkanes) is 14. The maximum Gasteiger partial charge on any atom is 0.306 e. The highest BCUT2D eigenvalue weighted by molar-refractivity contribution is 5.69. The highest BCUT2D eigenvalue weighted by Crippen LogP contribution is 2.26. The van der Waals surface area contributed by atoms with E-state index in [1.807, 2.05) is 0 Å². The SMILES string of the molecule is CCC/C=C\C/C=C\CCCCCCCCOCC(COC1OC(COC2OC(CO)C(O)C(O)C2O)C(O)C(O)C1O)OC(=O)CCCCCCC/C=C\CCCC. The van der Waals surface area contributed by atoms with E-state index in [-0.39, 0.29) is 19.6 Å². The zero-order chi connectivity index (χ0) is 43.1. The molecular weight excluding hydrogens is 764 g/mol. The fourth-order valence-electron chi connectivity index (χ4n) is 6.83. The fourth-order valence-corrected chi connectivity index (χ4v) is 6.83. The predicted octanol–water partition coefficient (Wildman–Crippen LogP) is 5.07. The summed E-state index contributed by atoms with van der Waals surface area (Å²) in [6.45, 7) is 3.52. The van der Waals surface area contributed by atoms with Crippen molar-refractivity contribution in [1.82, 2.24) is 0 Å². The first-order valence-corrected chi connectivity index (χ1v) is 22.6. The molecule has 2 fully saturated rings. The van der Waals surface area contributed by atoms with Gasteiger partial charge in [0.1, 0.15) is 54.9 Å². The number of aliphatic hydroxyl groups excluding tert-OH is 7. The third-order valence-corrected chi connectivity index (χ3v) is 10.6. The van der Waals surface area contributed by atoms with Crippen molar-refractivity contribution >= 4 is 5.97 Å². The maximum atomic E-state index is 12.9. The molecule has 11 unspecified atom stereocenters. The molecule has 59 heavy (non-hydrogen) atoms. The van der Waals surface area contributed by atoms with Crippen molar-refractivity contribution in [2.24, 2.45) is 0 Å². The molecule has 0 bridgehead atoms. The van der Waals surface area contributed by atoms with Crippen LogP contribution in [0.25, 0.3) is 0 Å². The summed E-state index contributed by atoms with van der Waals surface area (Å²) >= 11 is 0. The van der Waals surface area contributed by atoms with Gasteiger partial charge in [0, 0.05) is 13.0 Å². The lowest BCUT2D eigenvalue weighted by Crippen LogP contribution is -2.61. The van der Waals surface area contributed by atoms with Crippen LogP contribution in [0.2, 0.25) is 0 Å². The summed E-state index contributed by atoms with van der Waals surface area (Å²) < 4.78 is 34.1. The summed E-state index contributed by atoms with van der Waals surface area (Å²) in [5, 5.41) is 71.8. The van der Waals surface area contributed by atoms with Crippen LogP contribution in [0.4, 0.5) is 0 Å². The van der Waals surface area contributed by atoms with Crippen LogP contribution in [-0.4, -0.2) is 142 Å². The van der Waals surface area contributed by atoms with E-state index in [9.17, 15) is 40.5 Å². The van der Waals surface area contributed by atoms with Crippen LogP contribution in [0.3, 0.4) is 0 Å². The molecule has 14 nitrogen and oxygen atoms in total. The van der Waals surface area contributed by atoms with Crippen LogP contribution in [0.1, 0.15) is 142 Å². The number of esters is 1. The summed E-state index contributed by atoms with van der Waals surface area (Å²) in [5.41, 5.74) is 0. The molecule has 0 aromatic heterocycles. The van der Waals surface area contributed by atoms with Gasteiger partial charge >= 0.3 is 5.97 Å². The molecule has 2 saturated heterocycles. The Labute approximate surface area is 353 Å². The molecule has 2 aliphatic rings.